The minimum Gasteiger partial charge on any atom is -0.481 e. The highest BCUT2D eigenvalue weighted by Gasteiger charge is 2.26. The second kappa shape index (κ2) is 6.58. The van der Waals surface area contributed by atoms with Gasteiger partial charge in [0, 0.05) is 25.6 Å². The molecular formula is C13H21N3O4. The van der Waals surface area contributed by atoms with E-state index in [-0.39, 0.29) is 36.9 Å². The topological polar surface area (TPSA) is 98.7 Å². The smallest absolute Gasteiger partial charge is 0.317 e. The Hall–Kier alpha value is -1.79. The average Bonchev–Trinajstić information content (AvgIpc) is 3.19. The van der Waals surface area contributed by atoms with Crippen LogP contribution < -0.4 is 10.6 Å². The number of hydrogen-bond donors (Lipinski definition) is 3. The van der Waals surface area contributed by atoms with E-state index in [9.17, 15) is 14.4 Å². The van der Waals surface area contributed by atoms with Crippen LogP contribution in [0.4, 0.5) is 4.79 Å². The Balaban J connectivity index is 1.70. The molecule has 1 aliphatic carbocycles. The van der Waals surface area contributed by atoms with Crippen molar-refractivity contribution in [3.63, 3.8) is 0 Å². The van der Waals surface area contributed by atoms with Gasteiger partial charge in [0.1, 0.15) is 0 Å². The largest absolute Gasteiger partial charge is 0.481 e. The number of urea groups is 1. The van der Waals surface area contributed by atoms with Crippen molar-refractivity contribution in [2.24, 2.45) is 5.92 Å². The van der Waals surface area contributed by atoms with E-state index in [1.165, 1.54) is 0 Å². The second-order valence-electron chi connectivity index (χ2n) is 5.55. The summed E-state index contributed by atoms with van der Waals surface area (Å²) in [5.74, 6) is -0.992. The van der Waals surface area contributed by atoms with E-state index in [1.54, 1.807) is 4.90 Å². The van der Waals surface area contributed by atoms with Gasteiger partial charge in [-0.25, -0.2) is 4.79 Å². The number of nitrogens with zero attached hydrogens (tertiary/aromatic N) is 1. The van der Waals surface area contributed by atoms with Gasteiger partial charge in [-0.2, -0.15) is 0 Å². The van der Waals surface area contributed by atoms with Crippen LogP contribution in [0.15, 0.2) is 0 Å². The van der Waals surface area contributed by atoms with Crippen LogP contribution >= 0.6 is 0 Å². The van der Waals surface area contributed by atoms with Gasteiger partial charge in [0.15, 0.2) is 0 Å². The summed E-state index contributed by atoms with van der Waals surface area (Å²) >= 11 is 0. The van der Waals surface area contributed by atoms with Gasteiger partial charge in [-0.15, -0.1) is 0 Å². The van der Waals surface area contributed by atoms with Gasteiger partial charge in [0.25, 0.3) is 0 Å². The van der Waals surface area contributed by atoms with Crippen molar-refractivity contribution in [3.05, 3.63) is 0 Å². The Kier molecular flexibility index (Phi) is 4.81. The summed E-state index contributed by atoms with van der Waals surface area (Å²) in [6, 6.07) is 0.000344. The first-order valence-electron chi connectivity index (χ1n) is 7.08. The van der Waals surface area contributed by atoms with Crippen molar-refractivity contribution in [1.82, 2.24) is 15.5 Å². The lowest BCUT2D eigenvalue weighted by Gasteiger charge is -2.32. The fourth-order valence-corrected chi connectivity index (χ4v) is 2.44. The predicted molar refractivity (Wildman–Crippen MR) is 71.1 cm³/mol. The van der Waals surface area contributed by atoms with Gasteiger partial charge in [-0.1, -0.05) is 0 Å². The van der Waals surface area contributed by atoms with E-state index in [2.05, 4.69) is 10.6 Å². The molecular weight excluding hydrogens is 262 g/mol. The maximum Gasteiger partial charge on any atom is 0.317 e. The van der Waals surface area contributed by atoms with Gasteiger partial charge in [-0.05, 0) is 31.6 Å². The SMILES string of the molecule is O=C(O)CC1CCCN(C(=O)NCC(=O)NC2CC2)C1. The molecule has 0 radical (unpaired) electrons. The molecule has 1 saturated carbocycles. The maximum atomic E-state index is 11.9. The molecule has 0 aromatic rings. The first-order valence-corrected chi connectivity index (χ1v) is 7.08. The number of piperidine rings is 1. The Bertz CT molecular complexity index is 395. The highest BCUT2D eigenvalue weighted by atomic mass is 16.4. The number of hydrogen-bond acceptors (Lipinski definition) is 3. The summed E-state index contributed by atoms with van der Waals surface area (Å²) in [6.45, 7) is 1.05. The van der Waals surface area contributed by atoms with Gasteiger partial charge < -0.3 is 20.6 Å². The molecule has 7 nitrogen and oxygen atoms in total. The van der Waals surface area contributed by atoms with Crippen molar-refractivity contribution < 1.29 is 19.5 Å². The number of likely N-dealkylation sites (tertiary alicyclic amines) is 1. The van der Waals surface area contributed by atoms with Crippen molar-refractivity contribution in [1.29, 1.82) is 0 Å². The number of carboxylic acids is 1. The van der Waals surface area contributed by atoms with E-state index in [4.69, 9.17) is 5.11 Å². The maximum absolute atomic E-state index is 11.9. The highest BCUT2D eigenvalue weighted by Crippen LogP contribution is 2.19. The predicted octanol–water partition coefficient (Wildman–Crippen LogP) is 0.161. The Morgan fingerprint density at radius 2 is 1.95 bits per heavy atom. The number of nitrogens with one attached hydrogen (secondary N) is 2. The van der Waals surface area contributed by atoms with E-state index >= 15 is 0 Å². The number of carbonyl (C=O) groups excluding carboxylic acids is 2. The van der Waals surface area contributed by atoms with Crippen LogP contribution in [0.25, 0.3) is 0 Å². The molecule has 2 fully saturated rings. The normalized spacial score (nSPS) is 22.2. The average molecular weight is 283 g/mol. The number of rotatable bonds is 5. The van der Waals surface area contributed by atoms with Gasteiger partial charge in [0.05, 0.1) is 6.54 Å². The molecule has 0 spiro atoms. The quantitative estimate of drug-likeness (QED) is 0.669. The molecule has 112 valence electrons. The molecule has 1 saturated heterocycles. The summed E-state index contributed by atoms with van der Waals surface area (Å²) in [6.07, 6.45) is 3.76. The van der Waals surface area contributed by atoms with Crippen LogP contribution in [0.1, 0.15) is 32.1 Å². The second-order valence-corrected chi connectivity index (χ2v) is 5.55. The third-order valence-electron chi connectivity index (χ3n) is 3.61. The van der Waals surface area contributed by atoms with Crippen LogP contribution in [0.2, 0.25) is 0 Å². The van der Waals surface area contributed by atoms with E-state index in [1.807, 2.05) is 0 Å². The summed E-state index contributed by atoms with van der Waals surface area (Å²) in [4.78, 5) is 35.7. The molecule has 2 aliphatic rings. The molecule has 7 heteroatoms. The fraction of sp³-hybridized carbons (Fsp3) is 0.769. The first-order chi connectivity index (χ1) is 9.54. The lowest BCUT2D eigenvalue weighted by molar-refractivity contribution is -0.138. The van der Waals surface area contributed by atoms with Crippen LogP contribution in [-0.4, -0.2) is 53.6 Å². The third-order valence-corrected chi connectivity index (χ3v) is 3.61. The number of carbonyl (C=O) groups is 3. The molecule has 1 aliphatic heterocycles. The van der Waals surface area contributed by atoms with Crippen LogP contribution in [0.3, 0.4) is 0 Å². The van der Waals surface area contributed by atoms with Crippen molar-refractivity contribution in [2.75, 3.05) is 19.6 Å². The summed E-state index contributed by atoms with van der Waals surface area (Å²) in [5, 5.41) is 14.2. The van der Waals surface area contributed by atoms with Gasteiger partial charge in [0.2, 0.25) is 5.91 Å². The van der Waals surface area contributed by atoms with Crippen molar-refractivity contribution in [3.8, 4) is 0 Å². The molecule has 0 aromatic carbocycles. The summed E-state index contributed by atoms with van der Waals surface area (Å²) < 4.78 is 0. The van der Waals surface area contributed by atoms with Crippen LogP contribution in [0, 0.1) is 5.92 Å². The minimum atomic E-state index is -0.832. The lowest BCUT2D eigenvalue weighted by Crippen LogP contribution is -2.48. The number of aliphatic carboxylic acids is 1. The Labute approximate surface area is 117 Å². The van der Waals surface area contributed by atoms with Crippen LogP contribution in [0.5, 0.6) is 0 Å². The minimum absolute atomic E-state index is 0.00675. The summed E-state index contributed by atoms with van der Waals surface area (Å²) in [5.41, 5.74) is 0. The Morgan fingerprint density at radius 3 is 2.60 bits per heavy atom. The monoisotopic (exact) mass is 283 g/mol. The van der Waals surface area contributed by atoms with Gasteiger partial charge in [-0.3, -0.25) is 9.59 Å². The zero-order valence-electron chi connectivity index (χ0n) is 11.4. The van der Waals surface area contributed by atoms with E-state index < -0.39 is 5.97 Å². The zero-order chi connectivity index (χ0) is 14.5. The summed E-state index contributed by atoms with van der Waals surface area (Å²) in [7, 11) is 0. The lowest BCUT2D eigenvalue weighted by atomic mass is 9.95. The fourth-order valence-electron chi connectivity index (χ4n) is 2.44. The molecule has 1 atom stereocenters. The number of carboxylic acid groups (broad SMARTS) is 1. The highest BCUT2D eigenvalue weighted by molar-refractivity contribution is 5.84. The third kappa shape index (κ3) is 4.71. The van der Waals surface area contributed by atoms with Crippen molar-refractivity contribution in [2.45, 2.75) is 38.1 Å². The molecule has 0 aromatic heterocycles. The first kappa shape index (κ1) is 14.6. The van der Waals surface area contributed by atoms with E-state index in [0.717, 1.165) is 25.7 Å². The molecule has 1 unspecified atom stereocenters. The zero-order valence-corrected chi connectivity index (χ0v) is 11.4. The molecule has 1 heterocycles. The molecule has 2 rings (SSSR count). The van der Waals surface area contributed by atoms with Crippen molar-refractivity contribution >= 4 is 17.9 Å². The molecule has 3 amide bonds. The molecule has 0 bridgehead atoms. The van der Waals surface area contributed by atoms with Crippen LogP contribution in [-0.2, 0) is 9.59 Å². The Morgan fingerprint density at radius 1 is 1.20 bits per heavy atom. The molecule has 20 heavy (non-hydrogen) atoms. The van der Waals surface area contributed by atoms with E-state index in [0.29, 0.717) is 13.1 Å². The molecule has 3 N–H and O–H groups in total. The number of amides is 3. The standard InChI is InChI=1S/C13H21N3O4/c17-11(15-10-3-4-10)7-14-13(20)16-5-1-2-9(8-16)6-12(18)19/h9-10H,1-8H2,(H,14,20)(H,15,17)(H,18,19). The van der Waals surface area contributed by atoms with Gasteiger partial charge >= 0.3 is 12.0 Å².